The first kappa shape index (κ1) is 10.9. The Hall–Kier alpha value is -1.98. The van der Waals surface area contributed by atoms with Crippen LogP contribution in [-0.2, 0) is 6.61 Å². The first-order valence-corrected chi connectivity index (χ1v) is 6.73. The highest BCUT2D eigenvalue weighted by molar-refractivity contribution is 5.13. The number of hydrogen-bond donors (Lipinski definition) is 0. The van der Waals surface area contributed by atoms with Crippen LogP contribution in [0.1, 0.15) is 49.3 Å². The van der Waals surface area contributed by atoms with Gasteiger partial charge in [0.2, 0.25) is 0 Å². The van der Waals surface area contributed by atoms with E-state index >= 15 is 0 Å². The molecule has 0 spiro atoms. The summed E-state index contributed by atoms with van der Waals surface area (Å²) in [6.07, 6.45) is 9.78. The standard InChI is InChI=1S/C13H15N5O/c1-2-9(1)13-17-16-12(18(13)10-3-4-10)7-19-11-5-14-8-15-6-11/h5-6,8-10H,1-4,7H2. The topological polar surface area (TPSA) is 65.7 Å². The van der Waals surface area contributed by atoms with Gasteiger partial charge in [0, 0.05) is 12.0 Å². The molecule has 6 nitrogen and oxygen atoms in total. The zero-order valence-electron chi connectivity index (χ0n) is 10.6. The molecule has 2 aliphatic rings. The average molecular weight is 257 g/mol. The van der Waals surface area contributed by atoms with Gasteiger partial charge >= 0.3 is 0 Å². The Morgan fingerprint density at radius 2 is 1.89 bits per heavy atom. The van der Waals surface area contributed by atoms with E-state index in [0.717, 1.165) is 11.6 Å². The number of ether oxygens (including phenoxy) is 1. The van der Waals surface area contributed by atoms with Gasteiger partial charge in [0.1, 0.15) is 18.8 Å². The van der Waals surface area contributed by atoms with Crippen molar-refractivity contribution in [2.24, 2.45) is 0 Å². The first-order chi connectivity index (χ1) is 9.42. The van der Waals surface area contributed by atoms with Crippen molar-refractivity contribution in [1.82, 2.24) is 24.7 Å². The minimum absolute atomic E-state index is 0.434. The maximum Gasteiger partial charge on any atom is 0.171 e. The van der Waals surface area contributed by atoms with Gasteiger partial charge in [0.15, 0.2) is 11.6 Å². The lowest BCUT2D eigenvalue weighted by Crippen LogP contribution is -2.08. The second-order valence-electron chi connectivity index (χ2n) is 5.21. The average Bonchev–Trinajstić information content (AvgIpc) is 3.36. The Kier molecular flexibility index (Phi) is 2.46. The van der Waals surface area contributed by atoms with Crippen LogP contribution >= 0.6 is 0 Å². The Bertz CT molecular complexity index is 574. The molecule has 6 heteroatoms. The third kappa shape index (κ3) is 2.18. The van der Waals surface area contributed by atoms with Gasteiger partial charge in [0.25, 0.3) is 0 Å². The van der Waals surface area contributed by atoms with Crippen molar-refractivity contribution >= 4 is 0 Å². The fraction of sp³-hybridized carbons (Fsp3) is 0.538. The van der Waals surface area contributed by atoms with Crippen LogP contribution in [0.15, 0.2) is 18.7 Å². The van der Waals surface area contributed by atoms with Crippen molar-refractivity contribution in [2.45, 2.75) is 44.2 Å². The van der Waals surface area contributed by atoms with Crippen molar-refractivity contribution in [1.29, 1.82) is 0 Å². The molecular formula is C13H15N5O. The Labute approximate surface area is 110 Å². The van der Waals surface area contributed by atoms with Crippen molar-refractivity contribution < 1.29 is 4.74 Å². The zero-order valence-corrected chi connectivity index (χ0v) is 10.6. The smallest absolute Gasteiger partial charge is 0.171 e. The zero-order chi connectivity index (χ0) is 12.7. The van der Waals surface area contributed by atoms with Crippen LogP contribution < -0.4 is 4.74 Å². The van der Waals surface area contributed by atoms with Crippen molar-refractivity contribution in [2.75, 3.05) is 0 Å². The van der Waals surface area contributed by atoms with E-state index in [4.69, 9.17) is 4.74 Å². The second-order valence-corrected chi connectivity index (χ2v) is 5.21. The van der Waals surface area contributed by atoms with Gasteiger partial charge in [-0.25, -0.2) is 9.97 Å². The van der Waals surface area contributed by atoms with Crippen LogP contribution in [0.4, 0.5) is 0 Å². The van der Waals surface area contributed by atoms with E-state index in [0.29, 0.717) is 24.3 Å². The molecule has 4 rings (SSSR count). The summed E-state index contributed by atoms with van der Waals surface area (Å²) in [5, 5.41) is 8.65. The van der Waals surface area contributed by atoms with Crippen LogP contribution in [0.3, 0.4) is 0 Å². The van der Waals surface area contributed by atoms with Crippen molar-refractivity contribution in [3.63, 3.8) is 0 Å². The van der Waals surface area contributed by atoms with Crippen LogP contribution in [0.25, 0.3) is 0 Å². The maximum absolute atomic E-state index is 5.68. The molecule has 0 bridgehead atoms. The van der Waals surface area contributed by atoms with E-state index in [1.165, 1.54) is 32.0 Å². The summed E-state index contributed by atoms with van der Waals surface area (Å²) in [6.45, 7) is 0.434. The molecule has 0 amide bonds. The monoisotopic (exact) mass is 257 g/mol. The Morgan fingerprint density at radius 3 is 2.58 bits per heavy atom. The Balaban J connectivity index is 1.54. The van der Waals surface area contributed by atoms with E-state index in [2.05, 4.69) is 24.7 Å². The van der Waals surface area contributed by atoms with Crippen LogP contribution in [0.2, 0.25) is 0 Å². The summed E-state index contributed by atoms with van der Waals surface area (Å²) in [5.41, 5.74) is 0. The van der Waals surface area contributed by atoms with Gasteiger partial charge in [-0.05, 0) is 25.7 Å². The van der Waals surface area contributed by atoms with Gasteiger partial charge < -0.3 is 9.30 Å². The van der Waals surface area contributed by atoms with Gasteiger partial charge in [0.05, 0.1) is 12.4 Å². The molecule has 2 aliphatic carbocycles. The molecule has 2 aromatic heterocycles. The predicted molar refractivity (Wildman–Crippen MR) is 66.6 cm³/mol. The summed E-state index contributed by atoms with van der Waals surface area (Å²) in [5.74, 6) is 3.38. The summed E-state index contributed by atoms with van der Waals surface area (Å²) in [6, 6.07) is 0.594. The summed E-state index contributed by atoms with van der Waals surface area (Å²) in [7, 11) is 0. The molecule has 0 N–H and O–H groups in total. The predicted octanol–water partition coefficient (Wildman–Crippen LogP) is 1.86. The second kappa shape index (κ2) is 4.29. The summed E-state index contributed by atoms with van der Waals surface area (Å²) < 4.78 is 7.97. The van der Waals surface area contributed by atoms with E-state index in [9.17, 15) is 0 Å². The molecule has 0 unspecified atom stereocenters. The molecular weight excluding hydrogens is 242 g/mol. The minimum atomic E-state index is 0.434. The fourth-order valence-corrected chi connectivity index (χ4v) is 2.29. The largest absolute Gasteiger partial charge is 0.482 e. The van der Waals surface area contributed by atoms with Gasteiger partial charge in [-0.2, -0.15) is 0 Å². The first-order valence-electron chi connectivity index (χ1n) is 6.73. The quantitative estimate of drug-likeness (QED) is 0.818. The van der Waals surface area contributed by atoms with Gasteiger partial charge in [-0.3, -0.25) is 0 Å². The molecule has 19 heavy (non-hydrogen) atoms. The van der Waals surface area contributed by atoms with Crippen LogP contribution in [-0.4, -0.2) is 24.7 Å². The SMILES string of the molecule is c1ncc(OCc2nnc(C3CC3)n2C2CC2)cn1. The normalized spacial score (nSPS) is 18.5. The maximum atomic E-state index is 5.68. The van der Waals surface area contributed by atoms with E-state index < -0.39 is 0 Å². The molecule has 2 aromatic rings. The lowest BCUT2D eigenvalue weighted by molar-refractivity contribution is 0.286. The fourth-order valence-electron chi connectivity index (χ4n) is 2.29. The van der Waals surface area contributed by atoms with Crippen molar-refractivity contribution in [3.05, 3.63) is 30.4 Å². The highest BCUT2D eigenvalue weighted by atomic mass is 16.5. The Morgan fingerprint density at radius 1 is 1.11 bits per heavy atom. The lowest BCUT2D eigenvalue weighted by Gasteiger charge is -2.09. The van der Waals surface area contributed by atoms with Crippen LogP contribution in [0, 0.1) is 0 Å². The highest BCUT2D eigenvalue weighted by Gasteiger charge is 2.36. The molecule has 2 heterocycles. The third-order valence-corrected chi connectivity index (χ3v) is 3.55. The molecule has 0 atom stereocenters. The van der Waals surface area contributed by atoms with Crippen LogP contribution in [0.5, 0.6) is 5.75 Å². The van der Waals surface area contributed by atoms with E-state index in [1.54, 1.807) is 12.4 Å². The number of aromatic nitrogens is 5. The highest BCUT2D eigenvalue weighted by Crippen LogP contribution is 2.44. The third-order valence-electron chi connectivity index (χ3n) is 3.55. The number of rotatable bonds is 5. The molecule has 0 radical (unpaired) electrons. The van der Waals surface area contributed by atoms with E-state index in [-0.39, 0.29) is 0 Å². The molecule has 0 aromatic carbocycles. The van der Waals surface area contributed by atoms with Gasteiger partial charge in [-0.15, -0.1) is 10.2 Å². The van der Waals surface area contributed by atoms with E-state index in [1.807, 2.05) is 0 Å². The molecule has 0 saturated heterocycles. The minimum Gasteiger partial charge on any atom is -0.482 e. The van der Waals surface area contributed by atoms with Gasteiger partial charge in [-0.1, -0.05) is 0 Å². The van der Waals surface area contributed by atoms with Crippen molar-refractivity contribution in [3.8, 4) is 5.75 Å². The lowest BCUT2D eigenvalue weighted by atomic mass is 10.4. The summed E-state index contributed by atoms with van der Waals surface area (Å²) >= 11 is 0. The number of nitrogens with zero attached hydrogens (tertiary/aromatic N) is 5. The molecule has 98 valence electrons. The molecule has 2 saturated carbocycles. The molecule has 0 aliphatic heterocycles. The summed E-state index contributed by atoms with van der Waals surface area (Å²) in [4.78, 5) is 7.86. The number of hydrogen-bond acceptors (Lipinski definition) is 5. The molecule has 2 fully saturated rings.